The summed E-state index contributed by atoms with van der Waals surface area (Å²) in [5.74, 6) is -1.55. The Morgan fingerprint density at radius 3 is 2.42 bits per heavy atom. The quantitative estimate of drug-likeness (QED) is 0.509. The number of carbonyl (C=O) groups is 1. The highest BCUT2D eigenvalue weighted by atomic mass is 35.5. The third-order valence-electron chi connectivity index (χ3n) is 4.21. The van der Waals surface area contributed by atoms with Crippen molar-refractivity contribution < 1.29 is 22.3 Å². The van der Waals surface area contributed by atoms with E-state index in [1.165, 1.54) is 25.2 Å². The Labute approximate surface area is 189 Å². The van der Waals surface area contributed by atoms with Gasteiger partial charge in [0.2, 0.25) is 0 Å². The summed E-state index contributed by atoms with van der Waals surface area (Å²) in [6.45, 7) is -0.474. The predicted octanol–water partition coefficient (Wildman–Crippen LogP) is 4.73. The van der Waals surface area contributed by atoms with Gasteiger partial charge < -0.3 is 10.1 Å². The number of hydrogen-bond acceptors (Lipinski definition) is 4. The summed E-state index contributed by atoms with van der Waals surface area (Å²) in [6.07, 6.45) is 0. The molecule has 10 heteroatoms. The molecule has 0 saturated carbocycles. The van der Waals surface area contributed by atoms with Gasteiger partial charge in [-0.15, -0.1) is 0 Å². The van der Waals surface area contributed by atoms with Gasteiger partial charge in [0.1, 0.15) is 10.7 Å². The lowest BCUT2D eigenvalue weighted by Gasteiger charge is -2.16. The van der Waals surface area contributed by atoms with E-state index in [1.54, 1.807) is 0 Å². The normalized spacial score (nSPS) is 11.1. The molecule has 0 aliphatic carbocycles. The van der Waals surface area contributed by atoms with Gasteiger partial charge in [-0.2, -0.15) is 0 Å². The van der Waals surface area contributed by atoms with Crippen molar-refractivity contribution >= 4 is 44.8 Å². The molecule has 0 atom stereocenters. The Morgan fingerprint density at radius 1 is 1.03 bits per heavy atom. The van der Waals surface area contributed by atoms with Gasteiger partial charge in [-0.05, 0) is 35.4 Å². The van der Waals surface area contributed by atoms with Crippen molar-refractivity contribution in [2.75, 3.05) is 18.4 Å². The number of halogens is 3. The van der Waals surface area contributed by atoms with Crippen LogP contribution in [0.25, 0.3) is 11.1 Å². The minimum atomic E-state index is -4.38. The maximum Gasteiger partial charge on any atom is 0.265 e. The predicted molar refractivity (Wildman–Crippen MR) is 119 cm³/mol. The summed E-state index contributed by atoms with van der Waals surface area (Å²) >= 11 is 12.1. The van der Waals surface area contributed by atoms with Crippen LogP contribution in [-0.4, -0.2) is 28.0 Å². The SMILES string of the molecule is CNC(=O)COc1c(Cl)cc(Cl)cc1S(=O)(=O)Nc1cc(-c2ccccc2)ccc1F. The summed E-state index contributed by atoms with van der Waals surface area (Å²) in [7, 11) is -2.98. The first-order chi connectivity index (χ1) is 14.7. The van der Waals surface area contributed by atoms with E-state index < -0.39 is 33.3 Å². The van der Waals surface area contributed by atoms with Crippen molar-refractivity contribution in [3.05, 3.63) is 76.5 Å². The molecule has 0 aliphatic heterocycles. The molecule has 0 unspecified atom stereocenters. The summed E-state index contributed by atoms with van der Waals surface area (Å²) in [5, 5.41) is 2.25. The minimum Gasteiger partial charge on any atom is -0.481 e. The fourth-order valence-electron chi connectivity index (χ4n) is 2.70. The highest BCUT2D eigenvalue weighted by molar-refractivity contribution is 7.92. The van der Waals surface area contributed by atoms with Crippen molar-refractivity contribution in [1.29, 1.82) is 0 Å². The van der Waals surface area contributed by atoms with Gasteiger partial charge in [0.05, 0.1) is 10.7 Å². The Kier molecular flexibility index (Phi) is 7.04. The molecular weight excluding hydrogens is 466 g/mol. The van der Waals surface area contributed by atoms with Gasteiger partial charge >= 0.3 is 0 Å². The lowest BCUT2D eigenvalue weighted by atomic mass is 10.1. The van der Waals surface area contributed by atoms with Gasteiger partial charge in [0.15, 0.2) is 12.4 Å². The first-order valence-electron chi connectivity index (χ1n) is 8.91. The smallest absolute Gasteiger partial charge is 0.265 e. The van der Waals surface area contributed by atoms with E-state index in [2.05, 4.69) is 10.0 Å². The second-order valence-electron chi connectivity index (χ2n) is 6.34. The Bertz CT molecular complexity index is 1220. The fourth-order valence-corrected chi connectivity index (χ4v) is 4.62. The second kappa shape index (κ2) is 9.55. The van der Waals surface area contributed by atoms with Crippen LogP contribution < -0.4 is 14.8 Å². The number of likely N-dealkylation sites (N-methyl/N-ethyl adjacent to an activating group) is 1. The average molecular weight is 483 g/mol. The zero-order valence-corrected chi connectivity index (χ0v) is 18.5. The van der Waals surface area contributed by atoms with E-state index >= 15 is 0 Å². The van der Waals surface area contributed by atoms with Crippen LogP contribution in [0.15, 0.2) is 65.6 Å². The molecule has 0 aromatic heterocycles. The zero-order chi connectivity index (χ0) is 22.6. The van der Waals surface area contributed by atoms with Gasteiger partial charge in [-0.3, -0.25) is 9.52 Å². The van der Waals surface area contributed by atoms with E-state index in [0.717, 1.165) is 17.7 Å². The number of ether oxygens (including phenoxy) is 1. The van der Waals surface area contributed by atoms with E-state index in [-0.39, 0.29) is 21.5 Å². The van der Waals surface area contributed by atoms with Crippen LogP contribution in [0.2, 0.25) is 10.0 Å². The molecule has 0 bridgehead atoms. The topological polar surface area (TPSA) is 84.5 Å². The first-order valence-corrected chi connectivity index (χ1v) is 11.2. The van der Waals surface area contributed by atoms with Gasteiger partial charge in [0.25, 0.3) is 15.9 Å². The Morgan fingerprint density at radius 2 is 1.74 bits per heavy atom. The summed E-state index contributed by atoms with van der Waals surface area (Å²) in [4.78, 5) is 11.1. The van der Waals surface area contributed by atoms with Gasteiger partial charge in [-0.1, -0.05) is 59.6 Å². The van der Waals surface area contributed by atoms with Gasteiger partial charge in [0, 0.05) is 12.1 Å². The van der Waals surface area contributed by atoms with Crippen molar-refractivity contribution in [2.24, 2.45) is 0 Å². The maximum absolute atomic E-state index is 14.4. The number of amides is 1. The van der Waals surface area contributed by atoms with Crippen LogP contribution in [0.4, 0.5) is 10.1 Å². The molecule has 0 spiro atoms. The molecule has 0 aliphatic rings. The third kappa shape index (κ3) is 5.46. The van der Waals surface area contributed by atoms with Crippen LogP contribution in [0, 0.1) is 5.82 Å². The molecule has 3 aromatic rings. The summed E-state index contributed by atoms with van der Waals surface area (Å²) in [6, 6.07) is 15.5. The molecule has 2 N–H and O–H groups in total. The molecule has 3 rings (SSSR count). The average Bonchev–Trinajstić information content (AvgIpc) is 2.74. The van der Waals surface area contributed by atoms with E-state index in [4.69, 9.17) is 27.9 Å². The lowest BCUT2D eigenvalue weighted by Crippen LogP contribution is -2.25. The highest BCUT2D eigenvalue weighted by Crippen LogP contribution is 2.37. The lowest BCUT2D eigenvalue weighted by molar-refractivity contribution is -0.122. The maximum atomic E-state index is 14.4. The number of hydrogen-bond donors (Lipinski definition) is 2. The highest BCUT2D eigenvalue weighted by Gasteiger charge is 2.25. The summed E-state index contributed by atoms with van der Waals surface area (Å²) < 4.78 is 48.1. The van der Waals surface area contributed by atoms with Gasteiger partial charge in [-0.25, -0.2) is 12.8 Å². The van der Waals surface area contributed by atoms with Crippen molar-refractivity contribution in [3.8, 4) is 16.9 Å². The number of carbonyl (C=O) groups excluding carboxylic acids is 1. The van der Waals surface area contributed by atoms with Crippen LogP contribution >= 0.6 is 23.2 Å². The molecule has 1 amide bonds. The van der Waals surface area contributed by atoms with Crippen molar-refractivity contribution in [1.82, 2.24) is 5.32 Å². The van der Waals surface area contributed by atoms with Crippen LogP contribution in [0.3, 0.4) is 0 Å². The van der Waals surface area contributed by atoms with Crippen molar-refractivity contribution in [3.63, 3.8) is 0 Å². The molecule has 0 radical (unpaired) electrons. The van der Waals surface area contributed by atoms with E-state index in [9.17, 15) is 17.6 Å². The van der Waals surface area contributed by atoms with Crippen LogP contribution in [0.1, 0.15) is 0 Å². The minimum absolute atomic E-state index is 0.0242. The molecule has 3 aromatic carbocycles. The molecule has 0 saturated heterocycles. The molecule has 0 fully saturated rings. The van der Waals surface area contributed by atoms with Crippen molar-refractivity contribution in [2.45, 2.75) is 4.90 Å². The monoisotopic (exact) mass is 482 g/mol. The van der Waals surface area contributed by atoms with Crippen LogP contribution in [-0.2, 0) is 14.8 Å². The molecule has 0 heterocycles. The number of anilines is 1. The Balaban J connectivity index is 2.00. The molecule has 6 nitrogen and oxygen atoms in total. The zero-order valence-electron chi connectivity index (χ0n) is 16.2. The van der Waals surface area contributed by atoms with E-state index in [1.807, 2.05) is 30.3 Å². The standard InChI is InChI=1S/C21H17Cl2FN2O4S/c1-25-20(27)12-30-21-16(23)10-15(22)11-19(21)31(28,29)26-18-9-14(7-8-17(18)24)13-5-3-2-4-6-13/h2-11,26H,12H2,1H3,(H,25,27). The van der Waals surface area contributed by atoms with Crippen LogP contribution in [0.5, 0.6) is 5.75 Å². The number of nitrogens with one attached hydrogen (secondary N) is 2. The number of rotatable bonds is 7. The largest absolute Gasteiger partial charge is 0.481 e. The molecule has 162 valence electrons. The summed E-state index contributed by atoms with van der Waals surface area (Å²) in [5.41, 5.74) is 1.12. The second-order valence-corrected chi connectivity index (χ2v) is 8.84. The fraction of sp³-hybridized carbons (Fsp3) is 0.0952. The third-order valence-corrected chi connectivity index (χ3v) is 6.08. The number of sulfonamides is 1. The molecule has 31 heavy (non-hydrogen) atoms. The van der Waals surface area contributed by atoms with E-state index in [0.29, 0.717) is 5.56 Å². The molecular formula is C21H17Cl2FN2O4S. The number of benzene rings is 3. The first kappa shape index (κ1) is 22.9. The Hall–Kier alpha value is -2.81.